The van der Waals surface area contributed by atoms with E-state index in [-0.39, 0.29) is 24.1 Å². The lowest BCUT2D eigenvalue weighted by atomic mass is 9.81. The van der Waals surface area contributed by atoms with Crippen molar-refractivity contribution in [3.63, 3.8) is 0 Å². The van der Waals surface area contributed by atoms with Crippen molar-refractivity contribution in [2.75, 3.05) is 0 Å². The highest BCUT2D eigenvalue weighted by Crippen LogP contribution is 2.33. The largest absolute Gasteiger partial charge is 0.328 e. The second-order valence-corrected chi connectivity index (χ2v) is 7.83. The Morgan fingerprint density at radius 1 is 1.08 bits per heavy atom. The van der Waals surface area contributed by atoms with Gasteiger partial charge in [0.25, 0.3) is 5.91 Å². The first-order chi connectivity index (χ1) is 12.5. The molecule has 3 amide bonds. The number of benzene rings is 1. The molecule has 1 unspecified atom stereocenters. The molecule has 2 heterocycles. The number of imide groups is 1. The van der Waals surface area contributed by atoms with Crippen LogP contribution in [0.25, 0.3) is 0 Å². The minimum absolute atomic E-state index is 0.0954. The number of nitrogens with one attached hydrogen (secondary N) is 1. The van der Waals surface area contributed by atoms with E-state index in [1.165, 1.54) is 5.56 Å². The van der Waals surface area contributed by atoms with Crippen molar-refractivity contribution in [2.45, 2.75) is 63.6 Å². The van der Waals surface area contributed by atoms with Gasteiger partial charge in [-0.05, 0) is 61.6 Å². The van der Waals surface area contributed by atoms with E-state index < -0.39 is 6.04 Å². The summed E-state index contributed by atoms with van der Waals surface area (Å²) in [5.41, 5.74) is 8.98. The molecule has 138 valence electrons. The van der Waals surface area contributed by atoms with E-state index in [2.05, 4.69) is 11.4 Å². The molecule has 1 saturated heterocycles. The molecule has 2 fully saturated rings. The third-order valence-electron chi connectivity index (χ3n) is 6.08. The summed E-state index contributed by atoms with van der Waals surface area (Å²) in [7, 11) is 0. The van der Waals surface area contributed by atoms with Gasteiger partial charge in [-0.2, -0.15) is 0 Å². The smallest absolute Gasteiger partial charge is 0.255 e. The van der Waals surface area contributed by atoms with Gasteiger partial charge in [0.15, 0.2) is 0 Å². The molecule has 0 spiro atoms. The summed E-state index contributed by atoms with van der Waals surface area (Å²) in [6, 6.07) is 5.68. The number of piperidine rings is 1. The first kappa shape index (κ1) is 17.2. The van der Waals surface area contributed by atoms with Gasteiger partial charge in [-0.3, -0.25) is 19.7 Å². The van der Waals surface area contributed by atoms with E-state index in [0.29, 0.717) is 30.5 Å². The maximum atomic E-state index is 12.9. The third kappa shape index (κ3) is 3.14. The average Bonchev–Trinajstić information content (AvgIpc) is 2.95. The lowest BCUT2D eigenvalue weighted by Crippen LogP contribution is -2.52. The summed E-state index contributed by atoms with van der Waals surface area (Å²) in [5.74, 6) is -0.0973. The van der Waals surface area contributed by atoms with Crippen LogP contribution in [0.4, 0.5) is 0 Å². The second kappa shape index (κ2) is 6.83. The number of fused-ring (bicyclic) bond motifs is 1. The van der Waals surface area contributed by atoms with Crippen LogP contribution < -0.4 is 11.1 Å². The molecule has 3 aliphatic rings. The van der Waals surface area contributed by atoms with Crippen LogP contribution in [0.5, 0.6) is 0 Å². The Morgan fingerprint density at radius 2 is 1.85 bits per heavy atom. The van der Waals surface area contributed by atoms with Crippen LogP contribution >= 0.6 is 0 Å². The topological polar surface area (TPSA) is 92.5 Å². The van der Waals surface area contributed by atoms with Crippen molar-refractivity contribution >= 4 is 17.7 Å². The van der Waals surface area contributed by atoms with Crippen LogP contribution in [0, 0.1) is 5.92 Å². The summed E-state index contributed by atoms with van der Waals surface area (Å²) in [5, 5.41) is 2.35. The summed E-state index contributed by atoms with van der Waals surface area (Å²) in [6.45, 7) is 0.461. The number of nitrogens with zero attached hydrogens (tertiary/aromatic N) is 1. The summed E-state index contributed by atoms with van der Waals surface area (Å²) >= 11 is 0. The molecule has 0 bridgehead atoms. The summed E-state index contributed by atoms with van der Waals surface area (Å²) < 4.78 is 0. The molecule has 1 aliphatic carbocycles. The standard InChI is InChI=1S/C20H25N3O3/c21-14-6-4-12(5-7-14)10-13-2-1-3-15-16(13)11-23(20(15)26)17-8-9-18(24)22-19(17)25/h1-3,12,14,17H,4-11,21H2,(H,22,24,25). The van der Waals surface area contributed by atoms with Gasteiger partial charge in [0.2, 0.25) is 11.8 Å². The lowest BCUT2D eigenvalue weighted by molar-refractivity contribution is -0.136. The fourth-order valence-electron chi connectivity index (χ4n) is 4.54. The number of nitrogens with two attached hydrogens (primary N) is 1. The molecule has 0 radical (unpaired) electrons. The Hall–Kier alpha value is -2.21. The van der Waals surface area contributed by atoms with Gasteiger partial charge < -0.3 is 10.6 Å². The van der Waals surface area contributed by atoms with Gasteiger partial charge >= 0.3 is 0 Å². The molecular formula is C20H25N3O3. The van der Waals surface area contributed by atoms with E-state index >= 15 is 0 Å². The minimum atomic E-state index is -0.548. The molecule has 1 aromatic rings. The van der Waals surface area contributed by atoms with Crippen LogP contribution in [0.1, 0.15) is 60.0 Å². The van der Waals surface area contributed by atoms with Crippen molar-refractivity contribution in [3.05, 3.63) is 34.9 Å². The first-order valence-electron chi connectivity index (χ1n) is 9.54. The van der Waals surface area contributed by atoms with Crippen molar-refractivity contribution < 1.29 is 14.4 Å². The Labute approximate surface area is 153 Å². The number of hydrogen-bond acceptors (Lipinski definition) is 4. The zero-order valence-electron chi connectivity index (χ0n) is 14.9. The normalized spacial score (nSPS) is 28.9. The maximum Gasteiger partial charge on any atom is 0.255 e. The monoisotopic (exact) mass is 355 g/mol. The Kier molecular flexibility index (Phi) is 4.53. The van der Waals surface area contributed by atoms with Gasteiger partial charge in [0.05, 0.1) is 0 Å². The van der Waals surface area contributed by atoms with Crippen LogP contribution in [-0.4, -0.2) is 34.7 Å². The molecule has 4 rings (SSSR count). The van der Waals surface area contributed by atoms with Crippen molar-refractivity contribution in [3.8, 4) is 0 Å². The number of carbonyl (C=O) groups excluding carboxylic acids is 3. The van der Waals surface area contributed by atoms with Gasteiger partial charge in [-0.1, -0.05) is 12.1 Å². The van der Waals surface area contributed by atoms with Crippen molar-refractivity contribution in [1.29, 1.82) is 0 Å². The number of rotatable bonds is 3. The fourth-order valence-corrected chi connectivity index (χ4v) is 4.54. The van der Waals surface area contributed by atoms with E-state index in [4.69, 9.17) is 5.73 Å². The predicted octanol–water partition coefficient (Wildman–Crippen LogP) is 1.51. The highest BCUT2D eigenvalue weighted by Gasteiger charge is 2.39. The fraction of sp³-hybridized carbons (Fsp3) is 0.550. The number of amides is 3. The molecule has 1 saturated carbocycles. The molecule has 6 heteroatoms. The maximum absolute atomic E-state index is 12.9. The zero-order valence-corrected chi connectivity index (χ0v) is 14.9. The molecule has 3 N–H and O–H groups in total. The molecule has 6 nitrogen and oxygen atoms in total. The highest BCUT2D eigenvalue weighted by atomic mass is 16.2. The Balaban J connectivity index is 1.52. The van der Waals surface area contributed by atoms with Crippen LogP contribution in [0.2, 0.25) is 0 Å². The number of carbonyl (C=O) groups is 3. The molecule has 1 aromatic carbocycles. The molecule has 26 heavy (non-hydrogen) atoms. The van der Waals surface area contributed by atoms with E-state index in [0.717, 1.165) is 37.7 Å². The SMILES string of the molecule is NC1CCC(Cc2cccc3c2CN(C2CCC(=O)NC2=O)C3=O)CC1. The zero-order chi connectivity index (χ0) is 18.3. The van der Waals surface area contributed by atoms with Crippen molar-refractivity contribution in [2.24, 2.45) is 11.7 Å². The van der Waals surface area contributed by atoms with E-state index in [1.807, 2.05) is 12.1 Å². The number of hydrogen-bond donors (Lipinski definition) is 2. The quantitative estimate of drug-likeness (QED) is 0.804. The van der Waals surface area contributed by atoms with Crippen LogP contribution in [-0.2, 0) is 22.6 Å². The Bertz CT molecular complexity index is 753. The van der Waals surface area contributed by atoms with Crippen molar-refractivity contribution in [1.82, 2.24) is 10.2 Å². The van der Waals surface area contributed by atoms with Gasteiger partial charge in [0.1, 0.15) is 6.04 Å². The molecular weight excluding hydrogens is 330 g/mol. The summed E-state index contributed by atoms with van der Waals surface area (Å²) in [6.07, 6.45) is 6.06. The van der Waals surface area contributed by atoms with E-state index in [9.17, 15) is 14.4 Å². The van der Waals surface area contributed by atoms with Gasteiger partial charge in [-0.25, -0.2) is 0 Å². The first-order valence-corrected chi connectivity index (χ1v) is 9.54. The van der Waals surface area contributed by atoms with Gasteiger partial charge in [-0.15, -0.1) is 0 Å². The molecule has 2 aliphatic heterocycles. The Morgan fingerprint density at radius 3 is 2.58 bits per heavy atom. The molecule has 0 aromatic heterocycles. The highest BCUT2D eigenvalue weighted by molar-refractivity contribution is 6.05. The molecule has 1 atom stereocenters. The average molecular weight is 355 g/mol. The van der Waals surface area contributed by atoms with Crippen LogP contribution in [0.15, 0.2) is 18.2 Å². The third-order valence-corrected chi connectivity index (χ3v) is 6.08. The summed E-state index contributed by atoms with van der Waals surface area (Å²) in [4.78, 5) is 38.1. The minimum Gasteiger partial charge on any atom is -0.328 e. The predicted molar refractivity (Wildman–Crippen MR) is 96.1 cm³/mol. The lowest BCUT2D eigenvalue weighted by Gasteiger charge is -2.29. The van der Waals surface area contributed by atoms with Crippen LogP contribution in [0.3, 0.4) is 0 Å². The second-order valence-electron chi connectivity index (χ2n) is 7.83. The van der Waals surface area contributed by atoms with E-state index in [1.54, 1.807) is 4.90 Å². The van der Waals surface area contributed by atoms with Gasteiger partial charge in [0, 0.05) is 24.6 Å².